The molecule has 2 aliphatic heterocycles. The SMILES string of the molecule is O=C1NC(CC(=O)N2CCN(Cc3ccccc3)CC2)C(=O)Nc2ccccc21. The van der Waals surface area contributed by atoms with Crippen molar-refractivity contribution >= 4 is 23.4 Å². The van der Waals surface area contributed by atoms with E-state index in [0.29, 0.717) is 24.3 Å². The van der Waals surface area contributed by atoms with Gasteiger partial charge in [0.05, 0.1) is 17.7 Å². The van der Waals surface area contributed by atoms with E-state index in [0.717, 1.165) is 19.6 Å². The largest absolute Gasteiger partial charge is 0.340 e. The molecule has 0 aromatic heterocycles. The third kappa shape index (κ3) is 4.46. The Labute approximate surface area is 169 Å². The Balaban J connectivity index is 1.32. The number of rotatable bonds is 4. The van der Waals surface area contributed by atoms with Crippen LogP contribution in [0.15, 0.2) is 54.6 Å². The highest BCUT2D eigenvalue weighted by Crippen LogP contribution is 2.19. The minimum absolute atomic E-state index is 0.0375. The molecule has 4 rings (SSSR count). The van der Waals surface area contributed by atoms with Crippen LogP contribution < -0.4 is 10.6 Å². The highest BCUT2D eigenvalue weighted by atomic mass is 16.2. The summed E-state index contributed by atoms with van der Waals surface area (Å²) in [5.41, 5.74) is 2.13. The molecular weight excluding hydrogens is 368 g/mol. The number of piperazine rings is 1. The second-order valence-corrected chi connectivity index (χ2v) is 7.41. The van der Waals surface area contributed by atoms with E-state index < -0.39 is 6.04 Å². The van der Waals surface area contributed by atoms with Gasteiger partial charge in [0, 0.05) is 32.7 Å². The number of carbonyl (C=O) groups excluding carboxylic acids is 3. The molecule has 3 amide bonds. The second kappa shape index (κ2) is 8.45. The van der Waals surface area contributed by atoms with Gasteiger partial charge >= 0.3 is 0 Å². The van der Waals surface area contributed by atoms with E-state index in [4.69, 9.17) is 0 Å². The Bertz CT molecular complexity index is 907. The highest BCUT2D eigenvalue weighted by Gasteiger charge is 2.31. The lowest BCUT2D eigenvalue weighted by molar-refractivity contribution is -0.135. The lowest BCUT2D eigenvalue weighted by Gasteiger charge is -2.35. The summed E-state index contributed by atoms with van der Waals surface area (Å²) in [7, 11) is 0. The number of nitrogens with one attached hydrogen (secondary N) is 2. The molecule has 1 unspecified atom stereocenters. The fourth-order valence-electron chi connectivity index (χ4n) is 3.76. The first kappa shape index (κ1) is 19.1. The van der Waals surface area contributed by atoms with E-state index in [1.54, 1.807) is 29.2 Å². The number of carbonyl (C=O) groups is 3. The van der Waals surface area contributed by atoms with Crippen LogP contribution in [0.25, 0.3) is 0 Å². The number of fused-ring (bicyclic) bond motifs is 1. The van der Waals surface area contributed by atoms with Crippen molar-refractivity contribution < 1.29 is 14.4 Å². The van der Waals surface area contributed by atoms with E-state index >= 15 is 0 Å². The molecule has 2 heterocycles. The van der Waals surface area contributed by atoms with Gasteiger partial charge in [-0.2, -0.15) is 0 Å². The molecule has 0 saturated carbocycles. The summed E-state index contributed by atoms with van der Waals surface area (Å²) in [5.74, 6) is -0.820. The average molecular weight is 392 g/mol. The number of hydrogen-bond donors (Lipinski definition) is 2. The third-order valence-corrected chi connectivity index (χ3v) is 5.40. The number of para-hydroxylation sites is 1. The van der Waals surface area contributed by atoms with Crippen molar-refractivity contribution in [3.8, 4) is 0 Å². The van der Waals surface area contributed by atoms with Gasteiger partial charge in [-0.15, -0.1) is 0 Å². The zero-order valence-electron chi connectivity index (χ0n) is 16.1. The normalized spacial score (nSPS) is 19.7. The monoisotopic (exact) mass is 392 g/mol. The van der Waals surface area contributed by atoms with Gasteiger partial charge in [-0.25, -0.2) is 0 Å². The van der Waals surface area contributed by atoms with Crippen LogP contribution in [0.5, 0.6) is 0 Å². The van der Waals surface area contributed by atoms with Gasteiger partial charge in [0.2, 0.25) is 11.8 Å². The molecule has 0 bridgehead atoms. The molecule has 2 aromatic rings. The molecule has 0 aliphatic carbocycles. The number of amides is 3. The molecule has 1 saturated heterocycles. The second-order valence-electron chi connectivity index (χ2n) is 7.41. The fraction of sp³-hybridized carbons (Fsp3) is 0.318. The molecule has 0 spiro atoms. The van der Waals surface area contributed by atoms with Gasteiger partial charge in [-0.05, 0) is 17.7 Å². The molecule has 150 valence electrons. The van der Waals surface area contributed by atoms with Gasteiger partial charge in [-0.3, -0.25) is 19.3 Å². The topological polar surface area (TPSA) is 81.8 Å². The molecule has 2 aromatic carbocycles. The van der Waals surface area contributed by atoms with Gasteiger partial charge in [-0.1, -0.05) is 42.5 Å². The summed E-state index contributed by atoms with van der Waals surface area (Å²) < 4.78 is 0. The first-order chi connectivity index (χ1) is 14.1. The van der Waals surface area contributed by atoms with Crippen molar-refractivity contribution in [3.63, 3.8) is 0 Å². The van der Waals surface area contributed by atoms with E-state index in [2.05, 4.69) is 27.7 Å². The minimum atomic E-state index is -0.871. The molecule has 7 nitrogen and oxygen atoms in total. The number of anilines is 1. The summed E-state index contributed by atoms with van der Waals surface area (Å²) in [6.45, 7) is 3.68. The van der Waals surface area contributed by atoms with Crippen LogP contribution in [-0.4, -0.2) is 59.7 Å². The Morgan fingerprint density at radius 2 is 1.62 bits per heavy atom. The van der Waals surface area contributed by atoms with Crippen LogP contribution in [0.2, 0.25) is 0 Å². The lowest BCUT2D eigenvalue weighted by Crippen LogP contribution is -2.51. The van der Waals surface area contributed by atoms with Crippen molar-refractivity contribution in [3.05, 3.63) is 65.7 Å². The molecule has 0 radical (unpaired) electrons. The standard InChI is InChI=1S/C22H24N4O3/c27-20(26-12-10-25(11-13-26)15-16-6-2-1-3-7-16)14-19-22(29)23-18-9-5-4-8-17(18)21(28)24-19/h1-9,19H,10-15H2,(H,23,29)(H,24,28). The van der Waals surface area contributed by atoms with Crippen molar-refractivity contribution in [1.29, 1.82) is 0 Å². The zero-order chi connectivity index (χ0) is 20.2. The first-order valence-electron chi connectivity index (χ1n) is 9.85. The number of benzene rings is 2. The Morgan fingerprint density at radius 1 is 0.931 bits per heavy atom. The van der Waals surface area contributed by atoms with Crippen LogP contribution in [0.1, 0.15) is 22.3 Å². The Morgan fingerprint density at radius 3 is 2.38 bits per heavy atom. The molecule has 2 aliphatic rings. The van der Waals surface area contributed by atoms with Crippen LogP contribution in [0.3, 0.4) is 0 Å². The van der Waals surface area contributed by atoms with E-state index in [1.807, 2.05) is 18.2 Å². The molecular formula is C22H24N4O3. The maximum Gasteiger partial charge on any atom is 0.254 e. The quantitative estimate of drug-likeness (QED) is 0.826. The maximum atomic E-state index is 12.7. The Kier molecular flexibility index (Phi) is 5.57. The number of nitrogens with zero attached hydrogens (tertiary/aromatic N) is 2. The van der Waals surface area contributed by atoms with Crippen LogP contribution in [0, 0.1) is 0 Å². The van der Waals surface area contributed by atoms with Crippen LogP contribution >= 0.6 is 0 Å². The van der Waals surface area contributed by atoms with Gasteiger partial charge < -0.3 is 15.5 Å². The van der Waals surface area contributed by atoms with Gasteiger partial charge in [0.15, 0.2) is 0 Å². The van der Waals surface area contributed by atoms with E-state index in [9.17, 15) is 14.4 Å². The van der Waals surface area contributed by atoms with Crippen molar-refractivity contribution in [1.82, 2.24) is 15.1 Å². The molecule has 29 heavy (non-hydrogen) atoms. The van der Waals surface area contributed by atoms with E-state index in [-0.39, 0.29) is 24.1 Å². The smallest absolute Gasteiger partial charge is 0.254 e. The highest BCUT2D eigenvalue weighted by molar-refractivity contribution is 6.10. The Hall–Kier alpha value is -3.19. The average Bonchev–Trinajstić information content (AvgIpc) is 2.85. The van der Waals surface area contributed by atoms with Gasteiger partial charge in [0.25, 0.3) is 5.91 Å². The summed E-state index contributed by atoms with van der Waals surface area (Å²) in [4.78, 5) is 41.7. The number of hydrogen-bond acceptors (Lipinski definition) is 4. The predicted octanol–water partition coefficient (Wildman–Crippen LogP) is 1.47. The van der Waals surface area contributed by atoms with Crippen molar-refractivity contribution in [2.75, 3.05) is 31.5 Å². The molecule has 7 heteroatoms. The first-order valence-corrected chi connectivity index (χ1v) is 9.85. The fourth-order valence-corrected chi connectivity index (χ4v) is 3.76. The van der Waals surface area contributed by atoms with E-state index in [1.165, 1.54) is 5.56 Å². The minimum Gasteiger partial charge on any atom is -0.340 e. The predicted molar refractivity (Wildman–Crippen MR) is 109 cm³/mol. The van der Waals surface area contributed by atoms with Crippen LogP contribution in [0.4, 0.5) is 5.69 Å². The van der Waals surface area contributed by atoms with Crippen LogP contribution in [-0.2, 0) is 16.1 Å². The molecule has 1 fully saturated rings. The molecule has 2 N–H and O–H groups in total. The van der Waals surface area contributed by atoms with Gasteiger partial charge in [0.1, 0.15) is 6.04 Å². The van der Waals surface area contributed by atoms with Crippen molar-refractivity contribution in [2.24, 2.45) is 0 Å². The summed E-state index contributed by atoms with van der Waals surface area (Å²) in [6, 6.07) is 16.2. The molecule has 1 atom stereocenters. The maximum absolute atomic E-state index is 12.7. The zero-order valence-corrected chi connectivity index (χ0v) is 16.1. The summed E-state index contributed by atoms with van der Waals surface area (Å²) >= 11 is 0. The third-order valence-electron chi connectivity index (χ3n) is 5.40. The lowest BCUT2D eigenvalue weighted by atomic mass is 10.1. The summed E-state index contributed by atoms with van der Waals surface area (Å²) in [5, 5.41) is 5.43. The summed E-state index contributed by atoms with van der Waals surface area (Å²) in [6.07, 6.45) is -0.0375. The van der Waals surface area contributed by atoms with Crippen molar-refractivity contribution in [2.45, 2.75) is 19.0 Å².